The zero-order valence-corrected chi connectivity index (χ0v) is 10.6. The van der Waals surface area contributed by atoms with Crippen molar-refractivity contribution in [2.75, 3.05) is 11.5 Å². The molecule has 1 amide bonds. The van der Waals surface area contributed by atoms with Gasteiger partial charge in [-0.1, -0.05) is 6.07 Å². The molecule has 4 heteroatoms. The molecule has 0 bridgehead atoms. The Kier molecular flexibility index (Phi) is 4.05. The topological polar surface area (TPSA) is 29.1 Å². The standard InChI is InChI=1S/C13H16FNOS/c1-9-4-5-11(12(14)7-9)13(16)15-10-3-2-6-17-8-10/h4-5,7,10H,2-3,6,8H2,1H3,(H,15,16). The Morgan fingerprint density at radius 1 is 1.53 bits per heavy atom. The maximum atomic E-state index is 13.6. The fourth-order valence-corrected chi connectivity index (χ4v) is 2.99. The summed E-state index contributed by atoms with van der Waals surface area (Å²) in [5, 5.41) is 2.90. The number of hydrogen-bond donors (Lipinski definition) is 1. The molecule has 1 heterocycles. The summed E-state index contributed by atoms with van der Waals surface area (Å²) in [7, 11) is 0. The number of hydrogen-bond acceptors (Lipinski definition) is 2. The van der Waals surface area contributed by atoms with E-state index in [4.69, 9.17) is 0 Å². The van der Waals surface area contributed by atoms with Gasteiger partial charge < -0.3 is 5.32 Å². The predicted molar refractivity (Wildman–Crippen MR) is 69.0 cm³/mol. The molecule has 92 valence electrons. The molecule has 17 heavy (non-hydrogen) atoms. The Labute approximate surface area is 105 Å². The number of halogens is 1. The van der Waals surface area contributed by atoms with Crippen LogP contribution in [-0.4, -0.2) is 23.5 Å². The van der Waals surface area contributed by atoms with E-state index in [9.17, 15) is 9.18 Å². The van der Waals surface area contributed by atoms with Gasteiger partial charge in [0.2, 0.25) is 0 Å². The zero-order chi connectivity index (χ0) is 12.3. The predicted octanol–water partition coefficient (Wildman–Crippen LogP) is 2.76. The molecule has 2 nitrogen and oxygen atoms in total. The van der Waals surface area contributed by atoms with Crippen molar-refractivity contribution in [3.63, 3.8) is 0 Å². The average molecular weight is 253 g/mol. The van der Waals surface area contributed by atoms with Crippen LogP contribution in [0.3, 0.4) is 0 Å². The summed E-state index contributed by atoms with van der Waals surface area (Å²) in [6.45, 7) is 1.81. The van der Waals surface area contributed by atoms with Crippen molar-refractivity contribution in [2.45, 2.75) is 25.8 Å². The third kappa shape index (κ3) is 3.22. The molecular formula is C13H16FNOS. The van der Waals surface area contributed by atoms with E-state index in [0.29, 0.717) is 0 Å². The molecule has 0 aliphatic carbocycles. The van der Waals surface area contributed by atoms with E-state index >= 15 is 0 Å². The lowest BCUT2D eigenvalue weighted by atomic mass is 10.1. The van der Waals surface area contributed by atoms with Crippen LogP contribution in [0.25, 0.3) is 0 Å². The van der Waals surface area contributed by atoms with Crippen molar-refractivity contribution in [2.24, 2.45) is 0 Å². The first-order valence-corrected chi connectivity index (χ1v) is 6.97. The number of carbonyl (C=O) groups is 1. The molecule has 1 fully saturated rings. The second-order valence-corrected chi connectivity index (χ2v) is 5.52. The Morgan fingerprint density at radius 3 is 3.00 bits per heavy atom. The fraction of sp³-hybridized carbons (Fsp3) is 0.462. The lowest BCUT2D eigenvalue weighted by molar-refractivity contribution is 0.0934. The van der Waals surface area contributed by atoms with Crippen LogP contribution < -0.4 is 5.32 Å². The number of nitrogens with one attached hydrogen (secondary N) is 1. The van der Waals surface area contributed by atoms with E-state index in [1.54, 1.807) is 12.1 Å². The van der Waals surface area contributed by atoms with Gasteiger partial charge >= 0.3 is 0 Å². The number of rotatable bonds is 2. The van der Waals surface area contributed by atoms with E-state index in [1.165, 1.54) is 6.07 Å². The summed E-state index contributed by atoms with van der Waals surface area (Å²) in [5.74, 6) is 1.35. The third-order valence-electron chi connectivity index (χ3n) is 2.86. The molecule has 1 aromatic rings. The molecule has 1 N–H and O–H groups in total. The molecule has 1 atom stereocenters. The molecule has 0 spiro atoms. The van der Waals surface area contributed by atoms with Crippen LogP contribution in [0.5, 0.6) is 0 Å². The molecule has 0 aromatic heterocycles. The third-order valence-corrected chi connectivity index (χ3v) is 4.08. The summed E-state index contributed by atoms with van der Waals surface area (Å²) < 4.78 is 13.6. The molecule has 2 rings (SSSR count). The summed E-state index contributed by atoms with van der Waals surface area (Å²) in [5.41, 5.74) is 0.971. The van der Waals surface area contributed by atoms with Gasteiger partial charge in [0, 0.05) is 11.8 Å². The second kappa shape index (κ2) is 5.54. The van der Waals surface area contributed by atoms with Crippen molar-refractivity contribution < 1.29 is 9.18 Å². The average Bonchev–Trinajstić information content (AvgIpc) is 2.30. The highest BCUT2D eigenvalue weighted by molar-refractivity contribution is 7.99. The molecule has 1 unspecified atom stereocenters. The molecule has 1 aliphatic rings. The van der Waals surface area contributed by atoms with Gasteiger partial charge in [-0.15, -0.1) is 0 Å². The maximum absolute atomic E-state index is 13.6. The molecule has 1 saturated heterocycles. The smallest absolute Gasteiger partial charge is 0.254 e. The minimum Gasteiger partial charge on any atom is -0.348 e. The van der Waals surface area contributed by atoms with Gasteiger partial charge in [0.15, 0.2) is 0 Å². The molecular weight excluding hydrogens is 237 g/mol. The quantitative estimate of drug-likeness (QED) is 0.878. The lowest BCUT2D eigenvalue weighted by Gasteiger charge is -2.22. The number of aryl methyl sites for hydroxylation is 1. The largest absolute Gasteiger partial charge is 0.348 e. The highest BCUT2D eigenvalue weighted by Gasteiger charge is 2.18. The molecule has 1 aliphatic heterocycles. The maximum Gasteiger partial charge on any atom is 0.254 e. The van der Waals surface area contributed by atoms with Crippen molar-refractivity contribution >= 4 is 17.7 Å². The summed E-state index contributed by atoms with van der Waals surface area (Å²) >= 11 is 1.84. The molecule has 0 saturated carbocycles. The van der Waals surface area contributed by atoms with E-state index in [-0.39, 0.29) is 17.5 Å². The van der Waals surface area contributed by atoms with Crippen molar-refractivity contribution in [1.29, 1.82) is 0 Å². The number of benzene rings is 1. The van der Waals surface area contributed by atoms with Gasteiger partial charge in [-0.05, 0) is 43.2 Å². The van der Waals surface area contributed by atoms with Crippen LogP contribution in [0.15, 0.2) is 18.2 Å². The highest BCUT2D eigenvalue weighted by atomic mass is 32.2. The fourth-order valence-electron chi connectivity index (χ4n) is 1.92. The monoisotopic (exact) mass is 253 g/mol. The van der Waals surface area contributed by atoms with Crippen LogP contribution in [0.1, 0.15) is 28.8 Å². The van der Waals surface area contributed by atoms with E-state index in [1.807, 2.05) is 18.7 Å². The summed E-state index contributed by atoms with van der Waals surface area (Å²) in [4.78, 5) is 11.9. The zero-order valence-electron chi connectivity index (χ0n) is 9.83. The van der Waals surface area contributed by atoms with Crippen LogP contribution in [-0.2, 0) is 0 Å². The Morgan fingerprint density at radius 2 is 2.35 bits per heavy atom. The lowest BCUT2D eigenvalue weighted by Crippen LogP contribution is -2.38. The number of amides is 1. The molecule has 1 aromatic carbocycles. The van der Waals surface area contributed by atoms with Crippen molar-refractivity contribution in [3.8, 4) is 0 Å². The normalized spacial score (nSPS) is 20.0. The number of carbonyl (C=O) groups excluding carboxylic acids is 1. The Hall–Kier alpha value is -1.03. The first-order valence-electron chi connectivity index (χ1n) is 5.81. The van der Waals surface area contributed by atoms with Crippen LogP contribution in [0.4, 0.5) is 4.39 Å². The highest BCUT2D eigenvalue weighted by Crippen LogP contribution is 2.18. The van der Waals surface area contributed by atoms with Gasteiger partial charge in [-0.2, -0.15) is 11.8 Å². The number of thioether (sulfide) groups is 1. The van der Waals surface area contributed by atoms with Gasteiger partial charge in [0.25, 0.3) is 5.91 Å². The Balaban J connectivity index is 2.03. The van der Waals surface area contributed by atoms with E-state index < -0.39 is 5.82 Å². The van der Waals surface area contributed by atoms with Crippen molar-refractivity contribution in [1.82, 2.24) is 5.32 Å². The summed E-state index contributed by atoms with van der Waals surface area (Å²) in [6.07, 6.45) is 2.11. The van der Waals surface area contributed by atoms with Gasteiger partial charge in [-0.25, -0.2) is 4.39 Å². The second-order valence-electron chi connectivity index (χ2n) is 4.37. The van der Waals surface area contributed by atoms with E-state index in [0.717, 1.165) is 29.9 Å². The van der Waals surface area contributed by atoms with Crippen molar-refractivity contribution in [3.05, 3.63) is 35.1 Å². The minimum atomic E-state index is -0.439. The summed E-state index contributed by atoms with van der Waals surface area (Å²) in [6, 6.07) is 4.88. The van der Waals surface area contributed by atoms with Gasteiger partial charge in [0.1, 0.15) is 5.82 Å². The minimum absolute atomic E-state index is 0.145. The van der Waals surface area contributed by atoms with Gasteiger partial charge in [0.05, 0.1) is 5.56 Å². The SMILES string of the molecule is Cc1ccc(C(=O)NC2CCCSC2)c(F)c1. The first-order chi connectivity index (χ1) is 8.16. The van der Waals surface area contributed by atoms with Gasteiger partial charge in [-0.3, -0.25) is 4.79 Å². The van der Waals surface area contributed by atoms with Crippen LogP contribution in [0, 0.1) is 12.7 Å². The van der Waals surface area contributed by atoms with E-state index in [2.05, 4.69) is 5.32 Å². The van der Waals surface area contributed by atoms with Crippen LogP contribution >= 0.6 is 11.8 Å². The molecule has 0 radical (unpaired) electrons. The Bertz CT molecular complexity index is 416. The first kappa shape index (κ1) is 12.4. The van der Waals surface area contributed by atoms with Crippen LogP contribution in [0.2, 0.25) is 0 Å².